The van der Waals surface area contributed by atoms with Crippen LogP contribution in [0.3, 0.4) is 0 Å². The van der Waals surface area contributed by atoms with E-state index in [0.717, 1.165) is 49.0 Å². The zero-order chi connectivity index (χ0) is 21.3. The Labute approximate surface area is 182 Å². The Kier molecular flexibility index (Phi) is 6.05. The van der Waals surface area contributed by atoms with Gasteiger partial charge in [0, 0.05) is 36.7 Å². The first-order valence-electron chi connectivity index (χ1n) is 10.9. The van der Waals surface area contributed by atoms with E-state index >= 15 is 0 Å². The molecule has 1 fully saturated rings. The molecule has 1 aromatic heterocycles. The maximum Gasteiger partial charge on any atom is 0.254 e. The number of nitrogens with zero attached hydrogens (tertiary/aromatic N) is 3. The predicted octanol–water partition coefficient (Wildman–Crippen LogP) is 4.06. The summed E-state index contributed by atoms with van der Waals surface area (Å²) in [6.45, 7) is 7.83. The van der Waals surface area contributed by atoms with Gasteiger partial charge in [0.25, 0.3) is 5.56 Å². The van der Waals surface area contributed by atoms with Crippen molar-refractivity contribution in [2.75, 3.05) is 18.8 Å². The Morgan fingerprint density at radius 2 is 1.87 bits per heavy atom. The van der Waals surface area contributed by atoms with Crippen molar-refractivity contribution in [3.8, 4) is 0 Å². The van der Waals surface area contributed by atoms with Crippen molar-refractivity contribution in [1.82, 2.24) is 14.5 Å². The second-order valence-electron chi connectivity index (χ2n) is 9.57. The summed E-state index contributed by atoms with van der Waals surface area (Å²) in [4.78, 5) is 32.4. The molecule has 3 heterocycles. The summed E-state index contributed by atoms with van der Waals surface area (Å²) >= 11 is 1.59. The van der Waals surface area contributed by atoms with Gasteiger partial charge in [-0.15, -0.1) is 0 Å². The zero-order valence-corrected chi connectivity index (χ0v) is 19.0. The Hall–Kier alpha value is -2.08. The van der Waals surface area contributed by atoms with Gasteiger partial charge in [0.15, 0.2) is 5.16 Å². The van der Waals surface area contributed by atoms with Gasteiger partial charge >= 0.3 is 0 Å². The minimum Gasteiger partial charge on any atom is -0.343 e. The molecular weight excluding hydrogens is 394 g/mol. The minimum atomic E-state index is -0.159. The van der Waals surface area contributed by atoms with Crippen LogP contribution in [0.5, 0.6) is 0 Å². The van der Waals surface area contributed by atoms with Crippen LogP contribution in [-0.4, -0.2) is 39.2 Å². The number of carbonyl (C=O) groups excluding carboxylic acids is 1. The van der Waals surface area contributed by atoms with E-state index in [2.05, 4.69) is 51.1 Å². The first-order chi connectivity index (χ1) is 14.3. The van der Waals surface area contributed by atoms with E-state index in [4.69, 9.17) is 4.98 Å². The van der Waals surface area contributed by atoms with Crippen LogP contribution in [0, 0.1) is 5.92 Å². The highest BCUT2D eigenvalue weighted by atomic mass is 32.2. The number of piperidine rings is 1. The molecule has 1 atom stereocenters. The zero-order valence-electron chi connectivity index (χ0n) is 18.1. The van der Waals surface area contributed by atoms with Crippen molar-refractivity contribution >= 4 is 17.7 Å². The summed E-state index contributed by atoms with van der Waals surface area (Å²) in [5.74, 6) is 1.55. The summed E-state index contributed by atoms with van der Waals surface area (Å²) in [5.41, 5.74) is 2.00. The van der Waals surface area contributed by atoms with E-state index in [1.54, 1.807) is 22.4 Å². The van der Waals surface area contributed by atoms with Crippen LogP contribution in [0.4, 0.5) is 0 Å². The second-order valence-corrected chi connectivity index (χ2v) is 10.6. The maximum absolute atomic E-state index is 12.9. The number of rotatable bonds is 4. The van der Waals surface area contributed by atoms with E-state index in [9.17, 15) is 9.59 Å². The molecule has 2 aromatic rings. The van der Waals surface area contributed by atoms with Crippen LogP contribution in [0.25, 0.3) is 0 Å². The van der Waals surface area contributed by atoms with E-state index in [-0.39, 0.29) is 22.9 Å². The molecule has 0 N–H and O–H groups in total. The quantitative estimate of drug-likeness (QED) is 0.693. The molecule has 0 bridgehead atoms. The number of hydrogen-bond donors (Lipinski definition) is 0. The van der Waals surface area contributed by atoms with Crippen molar-refractivity contribution in [3.05, 3.63) is 58.0 Å². The summed E-state index contributed by atoms with van der Waals surface area (Å²) in [5, 5.41) is 0.756. The van der Waals surface area contributed by atoms with Crippen LogP contribution in [-0.2, 0) is 16.6 Å². The summed E-state index contributed by atoms with van der Waals surface area (Å²) in [6.07, 6.45) is 3.58. The van der Waals surface area contributed by atoms with Gasteiger partial charge in [-0.3, -0.25) is 14.2 Å². The second kappa shape index (κ2) is 8.58. The first-order valence-corrected chi connectivity index (χ1v) is 11.9. The summed E-state index contributed by atoms with van der Waals surface area (Å²) < 4.78 is 1.74. The Balaban J connectivity index is 1.36. The van der Waals surface area contributed by atoms with Gasteiger partial charge in [-0.1, -0.05) is 62.9 Å². The number of likely N-dealkylation sites (tertiary alicyclic amines) is 1. The van der Waals surface area contributed by atoms with Crippen molar-refractivity contribution in [3.63, 3.8) is 0 Å². The number of benzene rings is 1. The summed E-state index contributed by atoms with van der Waals surface area (Å²) in [7, 11) is 0. The molecule has 6 heteroatoms. The number of thioether (sulfide) groups is 1. The number of amides is 1. The molecule has 1 unspecified atom stereocenters. The average Bonchev–Trinajstić information content (AvgIpc) is 3.12. The van der Waals surface area contributed by atoms with E-state index in [0.29, 0.717) is 12.3 Å². The SMILES string of the molecule is CC(C)(C)c1cc(=O)n2c(n1)SCC2CC(=O)N1CCC(Cc2ccccc2)CC1. The van der Waals surface area contributed by atoms with Gasteiger partial charge in [-0.25, -0.2) is 4.98 Å². The lowest BCUT2D eigenvalue weighted by Gasteiger charge is -2.33. The minimum absolute atomic E-state index is 0.0331. The molecule has 5 nitrogen and oxygen atoms in total. The molecule has 4 rings (SSSR count). The van der Waals surface area contributed by atoms with Crippen LogP contribution < -0.4 is 5.56 Å². The predicted molar refractivity (Wildman–Crippen MR) is 121 cm³/mol. The lowest BCUT2D eigenvalue weighted by Crippen LogP contribution is -2.40. The molecule has 1 aromatic carbocycles. The fraction of sp³-hybridized carbons (Fsp3) is 0.542. The Bertz CT molecular complexity index is 957. The molecule has 160 valence electrons. The highest BCUT2D eigenvalue weighted by molar-refractivity contribution is 7.99. The molecule has 0 radical (unpaired) electrons. The van der Waals surface area contributed by atoms with E-state index in [1.165, 1.54) is 5.56 Å². The molecular formula is C24H31N3O2S. The normalized spacial score (nSPS) is 19.7. The van der Waals surface area contributed by atoms with Gasteiger partial charge in [0.1, 0.15) is 0 Å². The number of fused-ring (bicyclic) bond motifs is 1. The van der Waals surface area contributed by atoms with Crippen LogP contribution in [0.1, 0.15) is 57.3 Å². The molecule has 0 spiro atoms. The van der Waals surface area contributed by atoms with E-state index in [1.807, 2.05) is 4.90 Å². The Morgan fingerprint density at radius 1 is 1.17 bits per heavy atom. The van der Waals surface area contributed by atoms with Gasteiger partial charge in [-0.2, -0.15) is 0 Å². The molecule has 1 saturated heterocycles. The highest BCUT2D eigenvalue weighted by Crippen LogP contribution is 2.34. The fourth-order valence-electron chi connectivity index (χ4n) is 4.35. The van der Waals surface area contributed by atoms with Crippen LogP contribution in [0.15, 0.2) is 46.3 Å². The van der Waals surface area contributed by atoms with E-state index < -0.39 is 0 Å². The molecule has 0 aliphatic carbocycles. The van der Waals surface area contributed by atoms with Crippen molar-refractivity contribution in [2.45, 2.75) is 63.1 Å². The van der Waals surface area contributed by atoms with Crippen molar-refractivity contribution < 1.29 is 4.79 Å². The van der Waals surface area contributed by atoms with Gasteiger partial charge < -0.3 is 4.90 Å². The van der Waals surface area contributed by atoms with Crippen molar-refractivity contribution in [1.29, 1.82) is 0 Å². The smallest absolute Gasteiger partial charge is 0.254 e. The third kappa shape index (κ3) is 4.64. The lowest BCUT2D eigenvalue weighted by atomic mass is 9.90. The third-order valence-corrected chi connectivity index (χ3v) is 7.30. The number of carbonyl (C=O) groups is 1. The number of aromatic nitrogens is 2. The van der Waals surface area contributed by atoms with Crippen LogP contribution >= 0.6 is 11.8 Å². The average molecular weight is 426 g/mol. The maximum atomic E-state index is 12.9. The van der Waals surface area contributed by atoms with Gasteiger partial charge in [-0.05, 0) is 30.7 Å². The standard InChI is InChI=1S/C24H31N3O2S/c1-24(2,3)20-15-22(29)27-19(16-30-23(27)25-20)14-21(28)26-11-9-18(10-12-26)13-17-7-5-4-6-8-17/h4-8,15,18-19H,9-14,16H2,1-3H3. The number of hydrogen-bond acceptors (Lipinski definition) is 4. The van der Waals surface area contributed by atoms with Crippen molar-refractivity contribution in [2.24, 2.45) is 5.92 Å². The Morgan fingerprint density at radius 3 is 2.53 bits per heavy atom. The highest BCUT2D eigenvalue weighted by Gasteiger charge is 2.31. The molecule has 30 heavy (non-hydrogen) atoms. The topological polar surface area (TPSA) is 55.2 Å². The molecule has 1 amide bonds. The van der Waals surface area contributed by atoms with Crippen LogP contribution in [0.2, 0.25) is 0 Å². The third-order valence-electron chi connectivity index (χ3n) is 6.20. The fourth-order valence-corrected chi connectivity index (χ4v) is 5.50. The molecule has 0 saturated carbocycles. The molecule has 2 aliphatic heterocycles. The molecule has 2 aliphatic rings. The monoisotopic (exact) mass is 425 g/mol. The summed E-state index contributed by atoms with van der Waals surface area (Å²) in [6, 6.07) is 12.2. The lowest BCUT2D eigenvalue weighted by molar-refractivity contribution is -0.133. The first kappa shape index (κ1) is 21.2. The largest absolute Gasteiger partial charge is 0.343 e. The van der Waals surface area contributed by atoms with Gasteiger partial charge in [0.2, 0.25) is 5.91 Å². The van der Waals surface area contributed by atoms with Gasteiger partial charge in [0.05, 0.1) is 11.7 Å².